The van der Waals surface area contributed by atoms with Crippen molar-refractivity contribution in [3.63, 3.8) is 0 Å². The largest absolute Gasteiger partial charge is 0.490 e. The molecule has 0 radical (unpaired) electrons. The molecule has 5 heteroatoms. The summed E-state index contributed by atoms with van der Waals surface area (Å²) in [7, 11) is 0. The molecule has 152 valence electrons. The van der Waals surface area contributed by atoms with Crippen molar-refractivity contribution < 1.29 is 18.9 Å². The topological polar surface area (TPSA) is 43.5 Å². The van der Waals surface area contributed by atoms with E-state index in [0.717, 1.165) is 48.7 Å². The van der Waals surface area contributed by atoms with Crippen LogP contribution in [0.2, 0.25) is 0 Å². The monoisotopic (exact) mass is 410 g/mol. The highest BCUT2D eigenvalue weighted by Crippen LogP contribution is 2.35. The summed E-state index contributed by atoms with van der Waals surface area (Å²) in [4.78, 5) is 2.34. The van der Waals surface area contributed by atoms with Gasteiger partial charge in [-0.05, 0) is 60.4 Å². The number of benzene rings is 2. The van der Waals surface area contributed by atoms with Gasteiger partial charge in [0.15, 0.2) is 0 Å². The average molecular weight is 411 g/mol. The lowest BCUT2D eigenvalue weighted by Crippen LogP contribution is -2.06. The molecule has 29 heavy (non-hydrogen) atoms. The fourth-order valence-corrected chi connectivity index (χ4v) is 3.93. The van der Waals surface area contributed by atoms with E-state index in [2.05, 4.69) is 37.4 Å². The van der Waals surface area contributed by atoms with Crippen molar-refractivity contribution in [3.05, 3.63) is 72.8 Å². The fraction of sp³-hybridized carbons (Fsp3) is 0.333. The van der Waals surface area contributed by atoms with Crippen LogP contribution in [-0.2, 0) is 22.3 Å². The number of hydrogen-bond donors (Lipinski definition) is 0. The van der Waals surface area contributed by atoms with Crippen LogP contribution in [0.25, 0.3) is 0 Å². The van der Waals surface area contributed by atoms with Gasteiger partial charge in [-0.2, -0.15) is 0 Å². The third-order valence-electron chi connectivity index (χ3n) is 4.68. The lowest BCUT2D eigenvalue weighted by Gasteiger charge is -2.13. The fourth-order valence-electron chi connectivity index (χ4n) is 2.98. The van der Waals surface area contributed by atoms with E-state index >= 15 is 0 Å². The predicted molar refractivity (Wildman–Crippen MR) is 115 cm³/mol. The normalized spacial score (nSPS) is 19.4. The Morgan fingerprint density at radius 2 is 1.28 bits per heavy atom. The molecular weight excluding hydrogens is 384 g/mol. The second-order valence-corrected chi connectivity index (χ2v) is 8.31. The van der Waals surface area contributed by atoms with Crippen LogP contribution in [0.15, 0.2) is 71.5 Å². The number of allylic oxidation sites excluding steroid dienone is 2. The second-order valence-electron chi connectivity index (χ2n) is 7.16. The zero-order valence-corrected chi connectivity index (χ0v) is 17.3. The summed E-state index contributed by atoms with van der Waals surface area (Å²) in [6, 6.07) is 12.6. The number of rotatable bonds is 12. The molecule has 2 aromatic carbocycles. The smallest absolute Gasteiger partial charge is 0.123 e. The first-order valence-corrected chi connectivity index (χ1v) is 10.7. The molecule has 0 amide bonds. The van der Waals surface area contributed by atoms with Crippen LogP contribution in [-0.4, -0.2) is 38.6 Å². The molecular formula is C24H26O4S. The predicted octanol–water partition coefficient (Wildman–Crippen LogP) is 4.85. The van der Waals surface area contributed by atoms with Crippen LogP contribution in [0.4, 0.5) is 0 Å². The van der Waals surface area contributed by atoms with Crippen molar-refractivity contribution in [2.75, 3.05) is 26.4 Å². The van der Waals surface area contributed by atoms with Gasteiger partial charge in [-0.1, -0.05) is 23.9 Å². The minimum Gasteiger partial charge on any atom is -0.490 e. The summed E-state index contributed by atoms with van der Waals surface area (Å²) in [5, 5.41) is 0. The molecule has 0 spiro atoms. The van der Waals surface area contributed by atoms with Crippen molar-refractivity contribution in [1.82, 2.24) is 0 Å². The highest BCUT2D eigenvalue weighted by atomic mass is 32.2. The Kier molecular flexibility index (Phi) is 6.60. The Morgan fingerprint density at radius 1 is 0.828 bits per heavy atom. The molecule has 2 unspecified atom stereocenters. The van der Waals surface area contributed by atoms with Gasteiger partial charge < -0.3 is 18.9 Å². The maximum Gasteiger partial charge on any atom is 0.123 e. The molecule has 2 aliphatic rings. The standard InChI is InChI=1S/C24H26O4S/c1-3-5-17-11-21(7-9-23(17)27-15-19-13-25-19)29-22-8-10-24(18(12-22)6-4-2)28-16-20-14-26-20/h3-4,7-12,19-20H,1-2,5-6,13-16H2. The van der Waals surface area contributed by atoms with Gasteiger partial charge in [-0.15, -0.1) is 13.2 Å². The molecule has 4 nitrogen and oxygen atoms in total. The zero-order chi connectivity index (χ0) is 20.1. The quantitative estimate of drug-likeness (QED) is 0.370. The van der Waals surface area contributed by atoms with Crippen molar-refractivity contribution in [1.29, 1.82) is 0 Å². The summed E-state index contributed by atoms with van der Waals surface area (Å²) in [5.74, 6) is 1.81. The SMILES string of the molecule is C=CCc1cc(Sc2ccc(OCC3CO3)c(CC=C)c2)ccc1OCC1CO1. The van der Waals surface area contributed by atoms with E-state index in [4.69, 9.17) is 18.9 Å². The molecule has 2 fully saturated rings. The summed E-state index contributed by atoms with van der Waals surface area (Å²) in [6.45, 7) is 10.6. The van der Waals surface area contributed by atoms with Gasteiger partial charge in [0, 0.05) is 9.79 Å². The van der Waals surface area contributed by atoms with Gasteiger partial charge in [-0.3, -0.25) is 0 Å². The van der Waals surface area contributed by atoms with Gasteiger partial charge in [0.25, 0.3) is 0 Å². The van der Waals surface area contributed by atoms with Gasteiger partial charge in [0.05, 0.1) is 13.2 Å². The van der Waals surface area contributed by atoms with Crippen LogP contribution < -0.4 is 9.47 Å². The highest BCUT2D eigenvalue weighted by Gasteiger charge is 2.24. The van der Waals surface area contributed by atoms with Gasteiger partial charge >= 0.3 is 0 Å². The first-order valence-electron chi connectivity index (χ1n) is 9.89. The maximum absolute atomic E-state index is 5.92. The van der Waals surface area contributed by atoms with E-state index in [1.165, 1.54) is 9.79 Å². The first kappa shape index (κ1) is 20.1. The second kappa shape index (κ2) is 9.53. The van der Waals surface area contributed by atoms with Crippen molar-refractivity contribution in [3.8, 4) is 11.5 Å². The van der Waals surface area contributed by atoms with Gasteiger partial charge in [0.1, 0.15) is 36.9 Å². The van der Waals surface area contributed by atoms with Crippen molar-refractivity contribution in [2.24, 2.45) is 0 Å². The molecule has 2 aromatic rings. The average Bonchev–Trinajstić information content (AvgIpc) is 3.62. The van der Waals surface area contributed by atoms with Gasteiger partial charge in [0.2, 0.25) is 0 Å². The van der Waals surface area contributed by atoms with Gasteiger partial charge in [-0.25, -0.2) is 0 Å². The number of hydrogen-bond acceptors (Lipinski definition) is 5. The van der Waals surface area contributed by atoms with Crippen LogP contribution in [0, 0.1) is 0 Å². The summed E-state index contributed by atoms with van der Waals surface area (Å²) >= 11 is 1.73. The van der Waals surface area contributed by atoms with E-state index in [-0.39, 0.29) is 12.2 Å². The highest BCUT2D eigenvalue weighted by molar-refractivity contribution is 7.99. The Morgan fingerprint density at radius 3 is 1.66 bits per heavy atom. The molecule has 0 aliphatic carbocycles. The van der Waals surface area contributed by atoms with Crippen LogP contribution in [0.1, 0.15) is 11.1 Å². The zero-order valence-electron chi connectivity index (χ0n) is 16.5. The maximum atomic E-state index is 5.92. The molecule has 0 aromatic heterocycles. The lowest BCUT2D eigenvalue weighted by molar-refractivity contribution is 0.261. The number of ether oxygens (including phenoxy) is 4. The van der Waals surface area contributed by atoms with E-state index < -0.39 is 0 Å². The lowest BCUT2D eigenvalue weighted by atomic mass is 10.1. The minimum absolute atomic E-state index is 0.246. The van der Waals surface area contributed by atoms with Crippen molar-refractivity contribution in [2.45, 2.75) is 34.8 Å². The summed E-state index contributed by atoms with van der Waals surface area (Å²) in [5.41, 5.74) is 2.28. The number of epoxide rings is 2. The molecule has 0 bridgehead atoms. The molecule has 0 N–H and O–H groups in total. The Balaban J connectivity index is 1.47. The van der Waals surface area contributed by atoms with Crippen molar-refractivity contribution >= 4 is 11.8 Å². The molecule has 4 rings (SSSR count). The molecule has 2 aliphatic heterocycles. The molecule has 0 saturated carbocycles. The Hall–Kier alpha value is -2.21. The Labute approximate surface area is 176 Å². The van der Waals surface area contributed by atoms with E-state index in [1.54, 1.807) is 11.8 Å². The Bertz CT molecular complexity index is 800. The van der Waals surface area contributed by atoms with E-state index in [9.17, 15) is 0 Å². The summed E-state index contributed by atoms with van der Waals surface area (Å²) in [6.07, 6.45) is 5.84. The van der Waals surface area contributed by atoms with Crippen LogP contribution in [0.3, 0.4) is 0 Å². The van der Waals surface area contributed by atoms with E-state index in [1.807, 2.05) is 24.3 Å². The van der Waals surface area contributed by atoms with E-state index in [0.29, 0.717) is 13.2 Å². The molecule has 2 saturated heterocycles. The molecule has 2 heterocycles. The summed E-state index contributed by atoms with van der Waals surface area (Å²) < 4.78 is 22.3. The van der Waals surface area contributed by atoms with Crippen LogP contribution >= 0.6 is 11.8 Å². The molecule has 2 atom stereocenters. The minimum atomic E-state index is 0.246. The third-order valence-corrected chi connectivity index (χ3v) is 5.66. The first-order chi connectivity index (χ1) is 14.2. The third kappa shape index (κ3) is 5.89. The van der Waals surface area contributed by atoms with Crippen LogP contribution in [0.5, 0.6) is 11.5 Å².